The van der Waals surface area contributed by atoms with Gasteiger partial charge in [-0.3, -0.25) is 0 Å². The molecule has 0 unspecified atom stereocenters. The summed E-state index contributed by atoms with van der Waals surface area (Å²) < 4.78 is 0. The minimum atomic E-state index is -0.142. The van der Waals surface area contributed by atoms with Crippen LogP contribution >= 0.6 is 0 Å². The van der Waals surface area contributed by atoms with Crippen molar-refractivity contribution in [1.82, 2.24) is 0 Å². The lowest BCUT2D eigenvalue weighted by Crippen LogP contribution is -2.16. The smallest absolute Gasteiger partial charge is 0.0165 e. The Morgan fingerprint density at radius 1 is 0.276 bits per heavy atom. The second-order valence-electron chi connectivity index (χ2n) is 17.5. The summed E-state index contributed by atoms with van der Waals surface area (Å²) in [5.74, 6) is 0. The van der Waals surface area contributed by atoms with E-state index in [1.165, 1.54) is 121 Å². The highest BCUT2D eigenvalue weighted by Gasteiger charge is 2.39. The molecule has 2 aliphatic carbocycles. The SMILES string of the molecule is CC1(C)c2ccccc2-c2c1cc(-c1c3ccccc3c(-c3cccc(-c4cccc5c4C(C)(C)c4ccc6ccccc6c4-5)c3)c3ccccc13)c1ccccc21. The quantitative estimate of drug-likeness (QED) is 0.158. The van der Waals surface area contributed by atoms with E-state index in [1.54, 1.807) is 0 Å². The van der Waals surface area contributed by atoms with E-state index in [9.17, 15) is 0 Å². The fourth-order valence-corrected chi connectivity index (χ4v) is 11.2. The minimum absolute atomic E-state index is 0.114. The van der Waals surface area contributed by atoms with Crippen molar-refractivity contribution >= 4 is 43.1 Å². The maximum Gasteiger partial charge on any atom is 0.0165 e. The molecule has 0 saturated heterocycles. The Bertz CT molecular complexity index is 3330. The average Bonchev–Trinajstić information content (AvgIpc) is 3.65. The van der Waals surface area contributed by atoms with Gasteiger partial charge in [-0.2, -0.15) is 0 Å². The summed E-state index contributed by atoms with van der Waals surface area (Å²) in [4.78, 5) is 0. The zero-order valence-corrected chi connectivity index (χ0v) is 33.3. The molecule has 0 aliphatic heterocycles. The van der Waals surface area contributed by atoms with Gasteiger partial charge in [0.2, 0.25) is 0 Å². The van der Waals surface area contributed by atoms with Crippen LogP contribution in [0, 0.1) is 0 Å². The number of hydrogen-bond acceptors (Lipinski definition) is 0. The van der Waals surface area contributed by atoms with Crippen LogP contribution in [0.1, 0.15) is 49.9 Å². The maximum atomic E-state index is 2.53. The van der Waals surface area contributed by atoms with Crippen LogP contribution in [0.4, 0.5) is 0 Å². The molecule has 0 heteroatoms. The highest BCUT2D eigenvalue weighted by atomic mass is 14.4. The molecule has 0 bridgehead atoms. The molecule has 0 N–H and O–H groups in total. The first-order valence-corrected chi connectivity index (χ1v) is 20.7. The first-order chi connectivity index (χ1) is 28.3. The van der Waals surface area contributed by atoms with Crippen molar-refractivity contribution in [2.45, 2.75) is 38.5 Å². The summed E-state index contributed by atoms with van der Waals surface area (Å²) in [5.41, 5.74) is 18.6. The third kappa shape index (κ3) is 4.41. The molecular formula is C58H42. The lowest BCUT2D eigenvalue weighted by molar-refractivity contribution is 0.661. The molecule has 0 aromatic heterocycles. The summed E-state index contributed by atoms with van der Waals surface area (Å²) >= 11 is 0. The van der Waals surface area contributed by atoms with Crippen molar-refractivity contribution in [3.05, 3.63) is 204 Å². The summed E-state index contributed by atoms with van der Waals surface area (Å²) in [5, 5.41) is 10.4. The van der Waals surface area contributed by atoms with Gasteiger partial charge in [0.15, 0.2) is 0 Å². The Morgan fingerprint density at radius 3 is 1.52 bits per heavy atom. The number of hydrogen-bond donors (Lipinski definition) is 0. The fraction of sp³-hybridized carbons (Fsp3) is 0.103. The number of fused-ring (bicyclic) bond motifs is 12. The molecule has 0 fully saturated rings. The van der Waals surface area contributed by atoms with Crippen LogP contribution in [0.25, 0.3) is 98.7 Å². The number of benzene rings is 10. The van der Waals surface area contributed by atoms with E-state index in [4.69, 9.17) is 0 Å². The molecule has 12 rings (SSSR count). The highest BCUT2D eigenvalue weighted by Crippen LogP contribution is 2.56. The van der Waals surface area contributed by atoms with E-state index in [0.29, 0.717) is 0 Å². The number of rotatable bonds is 3. The van der Waals surface area contributed by atoms with E-state index < -0.39 is 0 Å². The van der Waals surface area contributed by atoms with Gasteiger partial charge in [-0.25, -0.2) is 0 Å². The van der Waals surface area contributed by atoms with Gasteiger partial charge in [-0.1, -0.05) is 198 Å². The van der Waals surface area contributed by atoms with Gasteiger partial charge < -0.3 is 0 Å². The van der Waals surface area contributed by atoms with Gasteiger partial charge >= 0.3 is 0 Å². The summed E-state index contributed by atoms with van der Waals surface area (Å²) in [6.07, 6.45) is 0. The van der Waals surface area contributed by atoms with Crippen molar-refractivity contribution < 1.29 is 0 Å². The molecule has 2 aliphatic rings. The first kappa shape index (κ1) is 33.4. The van der Waals surface area contributed by atoms with Crippen LogP contribution in [-0.2, 0) is 10.8 Å². The molecule has 0 radical (unpaired) electrons. The van der Waals surface area contributed by atoms with E-state index in [2.05, 4.69) is 210 Å². The summed E-state index contributed by atoms with van der Waals surface area (Å²) in [6.45, 7) is 9.60. The predicted octanol–water partition coefficient (Wildman–Crippen LogP) is 15.9. The van der Waals surface area contributed by atoms with Gasteiger partial charge in [-0.15, -0.1) is 0 Å². The van der Waals surface area contributed by atoms with Crippen molar-refractivity contribution in [2.75, 3.05) is 0 Å². The van der Waals surface area contributed by atoms with Crippen LogP contribution in [0.15, 0.2) is 182 Å². The first-order valence-electron chi connectivity index (χ1n) is 20.7. The van der Waals surface area contributed by atoms with E-state index >= 15 is 0 Å². The largest absolute Gasteiger partial charge is 0.0619 e. The van der Waals surface area contributed by atoms with Crippen molar-refractivity contribution in [3.8, 4) is 55.6 Å². The zero-order chi connectivity index (χ0) is 38.9. The van der Waals surface area contributed by atoms with Gasteiger partial charge in [0, 0.05) is 10.8 Å². The van der Waals surface area contributed by atoms with Gasteiger partial charge in [-0.05, 0) is 133 Å². The molecule has 0 spiro atoms. The molecule has 0 amide bonds. The molecule has 0 nitrogen and oxygen atoms in total. The molecular weight excluding hydrogens is 697 g/mol. The molecule has 58 heavy (non-hydrogen) atoms. The standard InChI is InChI=1S/C58H42/c1-57(2)49-30-14-13-27-46(49)55-41-22-8-7-21-40(41)48(34-51(55)57)53-44-25-11-9-23-42(44)52(43-24-10-12-26-45(43)53)37-19-15-18-36(33-37)39-28-16-29-47-54-38-20-6-5-17-35(38)31-32-50(54)58(3,4)56(39)47/h5-34H,1-4H3. The second kappa shape index (κ2) is 11.9. The molecule has 10 aromatic carbocycles. The third-order valence-electron chi connectivity index (χ3n) is 13.8. The van der Waals surface area contributed by atoms with Crippen LogP contribution < -0.4 is 0 Å². The lowest BCUT2D eigenvalue weighted by Gasteiger charge is -2.25. The zero-order valence-electron chi connectivity index (χ0n) is 33.3. The molecule has 0 atom stereocenters. The molecule has 0 saturated carbocycles. The van der Waals surface area contributed by atoms with Crippen LogP contribution in [-0.4, -0.2) is 0 Å². The normalized spacial score (nSPS) is 14.5. The Kier molecular flexibility index (Phi) is 6.84. The van der Waals surface area contributed by atoms with Crippen molar-refractivity contribution in [3.63, 3.8) is 0 Å². The van der Waals surface area contributed by atoms with Crippen molar-refractivity contribution in [2.24, 2.45) is 0 Å². The van der Waals surface area contributed by atoms with Gasteiger partial charge in [0.1, 0.15) is 0 Å². The average molecular weight is 739 g/mol. The minimum Gasteiger partial charge on any atom is -0.0619 e. The van der Waals surface area contributed by atoms with Crippen LogP contribution in [0.2, 0.25) is 0 Å². The Morgan fingerprint density at radius 2 is 0.793 bits per heavy atom. The molecule has 10 aromatic rings. The molecule has 0 heterocycles. The Hall–Kier alpha value is -6.76. The van der Waals surface area contributed by atoms with E-state index in [0.717, 1.165) is 0 Å². The van der Waals surface area contributed by atoms with E-state index in [-0.39, 0.29) is 10.8 Å². The second-order valence-corrected chi connectivity index (χ2v) is 17.5. The summed E-state index contributed by atoms with van der Waals surface area (Å²) in [7, 11) is 0. The lowest BCUT2D eigenvalue weighted by atomic mass is 9.78. The Balaban J connectivity index is 1.10. The van der Waals surface area contributed by atoms with E-state index in [1.807, 2.05) is 0 Å². The van der Waals surface area contributed by atoms with Crippen LogP contribution in [0.3, 0.4) is 0 Å². The summed E-state index contributed by atoms with van der Waals surface area (Å²) in [6, 6.07) is 68.6. The van der Waals surface area contributed by atoms with Crippen LogP contribution in [0.5, 0.6) is 0 Å². The monoisotopic (exact) mass is 738 g/mol. The highest BCUT2D eigenvalue weighted by molar-refractivity contribution is 6.24. The predicted molar refractivity (Wildman–Crippen MR) is 248 cm³/mol. The Labute approximate surface area is 340 Å². The topological polar surface area (TPSA) is 0 Å². The third-order valence-corrected chi connectivity index (χ3v) is 13.8. The van der Waals surface area contributed by atoms with Crippen molar-refractivity contribution in [1.29, 1.82) is 0 Å². The van der Waals surface area contributed by atoms with Gasteiger partial charge in [0.25, 0.3) is 0 Å². The molecule has 274 valence electrons. The fourth-order valence-electron chi connectivity index (χ4n) is 11.2. The maximum absolute atomic E-state index is 2.53. The van der Waals surface area contributed by atoms with Gasteiger partial charge in [0.05, 0.1) is 0 Å².